The zero-order valence-electron chi connectivity index (χ0n) is 20.1. The van der Waals surface area contributed by atoms with Crippen molar-refractivity contribution >= 4 is 29.7 Å². The molecule has 0 fully saturated rings. The van der Waals surface area contributed by atoms with E-state index in [1.54, 1.807) is 30.2 Å². The van der Waals surface area contributed by atoms with E-state index in [0.717, 1.165) is 16.7 Å². The number of benzene rings is 2. The molecule has 1 aliphatic heterocycles. The Balaban J connectivity index is 1.75. The van der Waals surface area contributed by atoms with E-state index >= 15 is 0 Å². The number of amides is 1. The van der Waals surface area contributed by atoms with E-state index in [1.807, 2.05) is 62.4 Å². The molecule has 1 amide bonds. The largest absolute Gasteiger partial charge is 0.492 e. The first-order chi connectivity index (χ1) is 16.8. The number of esters is 1. The molecule has 180 valence electrons. The Morgan fingerprint density at radius 3 is 2.63 bits per heavy atom. The molecule has 2 heterocycles. The smallest absolute Gasteiger partial charge is 0.330 e. The Bertz CT molecular complexity index is 1290. The second-order valence-corrected chi connectivity index (χ2v) is 8.54. The number of carbonyl (C=O) groups excluding carboxylic acids is 2. The minimum atomic E-state index is -0.483. The maximum Gasteiger partial charge on any atom is 0.330 e. The van der Waals surface area contributed by atoms with Crippen LogP contribution in [-0.4, -0.2) is 31.7 Å². The van der Waals surface area contributed by atoms with Gasteiger partial charge in [0.15, 0.2) is 17.3 Å². The lowest BCUT2D eigenvalue weighted by Crippen LogP contribution is -2.31. The van der Waals surface area contributed by atoms with E-state index in [1.165, 1.54) is 19.4 Å². The van der Waals surface area contributed by atoms with Crippen LogP contribution in [0.3, 0.4) is 0 Å². The number of methoxy groups -OCH3 is 2. The highest BCUT2D eigenvalue weighted by molar-refractivity contribution is 6.04. The van der Waals surface area contributed by atoms with Crippen molar-refractivity contribution in [3.8, 4) is 11.5 Å². The Labute approximate surface area is 204 Å². The molecule has 4 rings (SSSR count). The van der Waals surface area contributed by atoms with Crippen LogP contribution in [0.2, 0.25) is 0 Å². The molecule has 35 heavy (non-hydrogen) atoms. The first-order valence-electron chi connectivity index (χ1n) is 11.1. The van der Waals surface area contributed by atoms with Gasteiger partial charge in [-0.05, 0) is 55.8 Å². The van der Waals surface area contributed by atoms with Crippen molar-refractivity contribution < 1.29 is 28.2 Å². The second kappa shape index (κ2) is 9.93. The summed E-state index contributed by atoms with van der Waals surface area (Å²) in [5, 5.41) is 0. The SMILES string of the molecule is COC(=O)/C=C/c1cccc(N(Cc2ccc3c(c2OC)OC(C)(C)C=C3)C(=O)c2ccco2)c1. The summed E-state index contributed by atoms with van der Waals surface area (Å²) in [6.45, 7) is 4.14. The zero-order valence-corrected chi connectivity index (χ0v) is 20.1. The summed E-state index contributed by atoms with van der Waals surface area (Å²) in [5.74, 6) is 0.633. The van der Waals surface area contributed by atoms with Crippen molar-refractivity contribution in [1.29, 1.82) is 0 Å². The molecule has 0 saturated heterocycles. The molecule has 3 aromatic rings. The summed E-state index contributed by atoms with van der Waals surface area (Å²) < 4.78 is 22.0. The number of rotatable bonds is 7. The van der Waals surface area contributed by atoms with E-state index < -0.39 is 11.6 Å². The van der Waals surface area contributed by atoms with Gasteiger partial charge in [0, 0.05) is 22.9 Å². The maximum atomic E-state index is 13.5. The van der Waals surface area contributed by atoms with Crippen LogP contribution in [0.5, 0.6) is 11.5 Å². The van der Waals surface area contributed by atoms with Crippen LogP contribution < -0.4 is 14.4 Å². The van der Waals surface area contributed by atoms with Gasteiger partial charge >= 0.3 is 5.97 Å². The van der Waals surface area contributed by atoms with Gasteiger partial charge in [-0.2, -0.15) is 0 Å². The number of nitrogens with zero attached hydrogens (tertiary/aromatic N) is 1. The summed E-state index contributed by atoms with van der Waals surface area (Å²) in [7, 11) is 2.91. The molecule has 0 saturated carbocycles. The van der Waals surface area contributed by atoms with Gasteiger partial charge in [-0.3, -0.25) is 4.79 Å². The Hall–Kier alpha value is -4.26. The molecule has 0 unspecified atom stereocenters. The molecule has 0 N–H and O–H groups in total. The monoisotopic (exact) mass is 473 g/mol. The number of anilines is 1. The molecule has 7 heteroatoms. The highest BCUT2D eigenvalue weighted by Crippen LogP contribution is 2.42. The van der Waals surface area contributed by atoms with Crippen molar-refractivity contribution in [3.05, 3.63) is 89.4 Å². The van der Waals surface area contributed by atoms with Crippen LogP contribution in [0.15, 0.2) is 71.4 Å². The van der Waals surface area contributed by atoms with Gasteiger partial charge in [0.2, 0.25) is 0 Å². The number of ether oxygens (including phenoxy) is 3. The molecule has 0 bridgehead atoms. The van der Waals surface area contributed by atoms with Gasteiger partial charge in [0.1, 0.15) is 5.60 Å². The van der Waals surface area contributed by atoms with Gasteiger partial charge < -0.3 is 23.5 Å². The fourth-order valence-electron chi connectivity index (χ4n) is 3.80. The molecule has 7 nitrogen and oxygen atoms in total. The third kappa shape index (κ3) is 5.30. The van der Waals surface area contributed by atoms with Crippen molar-refractivity contribution in [2.75, 3.05) is 19.1 Å². The minimum absolute atomic E-state index is 0.202. The average Bonchev–Trinajstić information content (AvgIpc) is 3.40. The fourth-order valence-corrected chi connectivity index (χ4v) is 3.80. The molecule has 0 radical (unpaired) electrons. The summed E-state index contributed by atoms with van der Waals surface area (Å²) in [5.41, 5.74) is 2.55. The summed E-state index contributed by atoms with van der Waals surface area (Å²) in [6.07, 6.45) is 8.43. The Morgan fingerprint density at radius 2 is 1.91 bits per heavy atom. The topological polar surface area (TPSA) is 78.2 Å². The number of furan rings is 1. The van der Waals surface area contributed by atoms with E-state index in [-0.39, 0.29) is 18.2 Å². The van der Waals surface area contributed by atoms with Crippen LogP contribution in [0.1, 0.15) is 41.1 Å². The van der Waals surface area contributed by atoms with Crippen molar-refractivity contribution in [3.63, 3.8) is 0 Å². The summed E-state index contributed by atoms with van der Waals surface area (Å²) >= 11 is 0. The van der Waals surface area contributed by atoms with E-state index in [4.69, 9.17) is 13.9 Å². The fraction of sp³-hybridized carbons (Fsp3) is 0.214. The molecule has 0 atom stereocenters. The minimum Gasteiger partial charge on any atom is -0.492 e. The predicted octanol–water partition coefficient (Wildman–Crippen LogP) is 5.51. The van der Waals surface area contributed by atoms with Crippen LogP contribution in [-0.2, 0) is 16.1 Å². The zero-order chi connectivity index (χ0) is 25.0. The predicted molar refractivity (Wildman–Crippen MR) is 133 cm³/mol. The lowest BCUT2D eigenvalue weighted by atomic mass is 9.99. The number of hydrogen-bond acceptors (Lipinski definition) is 6. The average molecular weight is 474 g/mol. The van der Waals surface area contributed by atoms with Crippen LogP contribution in [0.4, 0.5) is 5.69 Å². The molecule has 0 spiro atoms. The number of carbonyl (C=O) groups is 2. The van der Waals surface area contributed by atoms with Crippen LogP contribution in [0.25, 0.3) is 12.2 Å². The first-order valence-corrected chi connectivity index (χ1v) is 11.1. The third-order valence-corrected chi connectivity index (χ3v) is 5.56. The molecular weight excluding hydrogens is 446 g/mol. The third-order valence-electron chi connectivity index (χ3n) is 5.56. The molecule has 1 aromatic heterocycles. The number of fused-ring (bicyclic) bond motifs is 1. The van der Waals surface area contributed by atoms with Gasteiger partial charge in [0.25, 0.3) is 5.91 Å². The highest BCUT2D eigenvalue weighted by Gasteiger charge is 2.28. The van der Waals surface area contributed by atoms with Gasteiger partial charge in [0.05, 0.1) is 27.0 Å². The normalized spacial score (nSPS) is 13.7. The van der Waals surface area contributed by atoms with Crippen molar-refractivity contribution in [2.45, 2.75) is 26.0 Å². The molecule has 2 aromatic carbocycles. The second-order valence-electron chi connectivity index (χ2n) is 8.54. The standard InChI is InChI=1S/C28H27NO6/c1-28(2)15-14-20-11-12-21(25(33-4)26(20)35-28)18-29(27(31)23-9-6-16-34-23)22-8-5-7-19(17-22)10-13-24(30)32-3/h5-17H,18H2,1-4H3/b13-10+. The van der Waals surface area contributed by atoms with Crippen molar-refractivity contribution in [1.82, 2.24) is 0 Å². The van der Waals surface area contributed by atoms with Gasteiger partial charge in [-0.1, -0.05) is 30.3 Å². The lowest BCUT2D eigenvalue weighted by molar-refractivity contribution is -0.134. The van der Waals surface area contributed by atoms with Crippen LogP contribution >= 0.6 is 0 Å². The maximum absolute atomic E-state index is 13.5. The van der Waals surface area contributed by atoms with Gasteiger partial charge in [-0.15, -0.1) is 0 Å². The molecular formula is C28H27NO6. The highest BCUT2D eigenvalue weighted by atomic mass is 16.5. The Kier molecular flexibility index (Phi) is 6.78. The molecule has 1 aliphatic rings. The van der Waals surface area contributed by atoms with E-state index in [9.17, 15) is 9.59 Å². The van der Waals surface area contributed by atoms with E-state index in [2.05, 4.69) is 4.74 Å². The van der Waals surface area contributed by atoms with Crippen molar-refractivity contribution in [2.24, 2.45) is 0 Å². The van der Waals surface area contributed by atoms with Crippen LogP contribution in [0, 0.1) is 0 Å². The Morgan fingerprint density at radius 1 is 1.09 bits per heavy atom. The first kappa shape index (κ1) is 23.9. The van der Waals surface area contributed by atoms with E-state index in [0.29, 0.717) is 17.2 Å². The van der Waals surface area contributed by atoms with Gasteiger partial charge in [-0.25, -0.2) is 4.79 Å². The lowest BCUT2D eigenvalue weighted by Gasteiger charge is -2.30. The number of hydrogen-bond donors (Lipinski definition) is 0. The summed E-state index contributed by atoms with van der Waals surface area (Å²) in [6, 6.07) is 14.4. The summed E-state index contributed by atoms with van der Waals surface area (Å²) in [4.78, 5) is 26.6. The molecule has 0 aliphatic carbocycles. The quantitative estimate of drug-likeness (QED) is 0.333.